The number of nitrogens with zero attached hydrogens (tertiary/aromatic N) is 2. The molecule has 0 saturated heterocycles. The molecule has 3 aromatic rings. The van der Waals surface area contributed by atoms with Crippen LogP contribution in [0.25, 0.3) is 11.3 Å². The number of hydrogen-bond acceptors (Lipinski definition) is 4. The third kappa shape index (κ3) is 3.31. The third-order valence-corrected chi connectivity index (χ3v) is 3.75. The molecule has 1 heterocycles. The van der Waals surface area contributed by atoms with Gasteiger partial charge in [0, 0.05) is 24.4 Å². The minimum Gasteiger partial charge on any atom is -0.357 e. The van der Waals surface area contributed by atoms with Gasteiger partial charge in [0.05, 0.1) is 5.69 Å². The Morgan fingerprint density at radius 1 is 0.826 bits per heavy atom. The van der Waals surface area contributed by atoms with Crippen LogP contribution < -0.4 is 10.6 Å². The van der Waals surface area contributed by atoms with Crippen LogP contribution in [0.1, 0.15) is 11.1 Å². The molecule has 0 atom stereocenters. The monoisotopic (exact) mass is 304 g/mol. The highest BCUT2D eigenvalue weighted by Gasteiger charge is 2.08. The summed E-state index contributed by atoms with van der Waals surface area (Å²) in [5.74, 6) is 1.38. The highest BCUT2D eigenvalue weighted by atomic mass is 15.1. The van der Waals surface area contributed by atoms with E-state index in [0.29, 0.717) is 5.95 Å². The summed E-state index contributed by atoms with van der Waals surface area (Å²) < 4.78 is 0. The van der Waals surface area contributed by atoms with Crippen LogP contribution in [0.3, 0.4) is 0 Å². The number of aryl methyl sites for hydroxylation is 2. The average Bonchev–Trinajstić information content (AvgIpc) is 2.59. The van der Waals surface area contributed by atoms with Crippen LogP contribution >= 0.6 is 0 Å². The first-order valence-electron chi connectivity index (χ1n) is 7.63. The molecule has 0 fully saturated rings. The maximum absolute atomic E-state index is 4.55. The SMILES string of the molecule is CNc1nc(Nc2c(C)cccc2C)cc(-c2ccccc2)n1. The van der Waals surface area contributed by atoms with E-state index in [1.165, 1.54) is 11.1 Å². The van der Waals surface area contributed by atoms with Crippen LogP contribution in [0, 0.1) is 13.8 Å². The average molecular weight is 304 g/mol. The Bertz CT molecular complexity index is 793. The lowest BCUT2D eigenvalue weighted by Gasteiger charge is -2.14. The molecule has 0 aliphatic heterocycles. The minimum atomic E-state index is 0.597. The smallest absolute Gasteiger partial charge is 0.224 e. The predicted molar refractivity (Wildman–Crippen MR) is 96.2 cm³/mol. The van der Waals surface area contributed by atoms with Crippen molar-refractivity contribution in [1.29, 1.82) is 0 Å². The number of benzene rings is 2. The first kappa shape index (κ1) is 15.0. The Balaban J connectivity index is 2.03. The van der Waals surface area contributed by atoms with Gasteiger partial charge in [-0.15, -0.1) is 0 Å². The van der Waals surface area contributed by atoms with Crippen molar-refractivity contribution in [3.63, 3.8) is 0 Å². The van der Waals surface area contributed by atoms with E-state index in [9.17, 15) is 0 Å². The Morgan fingerprint density at radius 3 is 2.17 bits per heavy atom. The maximum Gasteiger partial charge on any atom is 0.224 e. The summed E-state index contributed by atoms with van der Waals surface area (Å²) >= 11 is 0. The number of aromatic nitrogens is 2. The zero-order chi connectivity index (χ0) is 16.2. The van der Waals surface area contributed by atoms with E-state index in [0.717, 1.165) is 22.8 Å². The van der Waals surface area contributed by atoms with Gasteiger partial charge in [-0.1, -0.05) is 48.5 Å². The standard InChI is InChI=1S/C19H20N4/c1-13-8-7-9-14(2)18(13)22-17-12-16(21-19(20-3)23-17)15-10-5-4-6-11-15/h4-12H,1-3H3,(H2,20,21,22,23). The van der Waals surface area contributed by atoms with Crippen molar-refractivity contribution in [3.05, 3.63) is 65.7 Å². The first-order chi connectivity index (χ1) is 11.2. The van der Waals surface area contributed by atoms with Gasteiger partial charge in [0.15, 0.2) is 0 Å². The van der Waals surface area contributed by atoms with Crippen LogP contribution in [-0.2, 0) is 0 Å². The number of anilines is 3. The molecular formula is C19H20N4. The second kappa shape index (κ2) is 6.48. The summed E-state index contributed by atoms with van der Waals surface area (Å²) in [7, 11) is 1.83. The van der Waals surface area contributed by atoms with Crippen LogP contribution in [0.4, 0.5) is 17.5 Å². The Hall–Kier alpha value is -2.88. The number of nitrogens with one attached hydrogen (secondary N) is 2. The molecule has 23 heavy (non-hydrogen) atoms. The second-order valence-corrected chi connectivity index (χ2v) is 5.47. The topological polar surface area (TPSA) is 49.8 Å². The summed E-state index contributed by atoms with van der Waals surface area (Å²) in [6.07, 6.45) is 0. The molecular weight excluding hydrogens is 284 g/mol. The Morgan fingerprint density at radius 2 is 1.52 bits per heavy atom. The molecule has 0 unspecified atom stereocenters. The van der Waals surface area contributed by atoms with E-state index in [1.54, 1.807) is 0 Å². The van der Waals surface area contributed by atoms with Gasteiger partial charge >= 0.3 is 0 Å². The fraction of sp³-hybridized carbons (Fsp3) is 0.158. The molecule has 4 heteroatoms. The lowest BCUT2D eigenvalue weighted by Crippen LogP contribution is -2.03. The minimum absolute atomic E-state index is 0.597. The first-order valence-corrected chi connectivity index (χ1v) is 7.63. The van der Waals surface area contributed by atoms with E-state index in [1.807, 2.05) is 43.4 Å². The van der Waals surface area contributed by atoms with Crippen molar-refractivity contribution in [1.82, 2.24) is 9.97 Å². The molecule has 0 saturated carbocycles. The van der Waals surface area contributed by atoms with E-state index in [4.69, 9.17) is 0 Å². The lowest BCUT2D eigenvalue weighted by atomic mass is 10.1. The summed E-state index contributed by atoms with van der Waals surface area (Å²) in [5, 5.41) is 6.46. The van der Waals surface area contributed by atoms with E-state index < -0.39 is 0 Å². The second-order valence-electron chi connectivity index (χ2n) is 5.47. The number of rotatable bonds is 4. The van der Waals surface area contributed by atoms with Gasteiger partial charge in [-0.2, -0.15) is 4.98 Å². The van der Waals surface area contributed by atoms with Crippen LogP contribution in [0.5, 0.6) is 0 Å². The summed E-state index contributed by atoms with van der Waals surface area (Å²) in [6.45, 7) is 4.18. The molecule has 0 bridgehead atoms. The Labute approximate surface area is 136 Å². The largest absolute Gasteiger partial charge is 0.357 e. The van der Waals surface area contributed by atoms with Crippen LogP contribution in [0.15, 0.2) is 54.6 Å². The quantitative estimate of drug-likeness (QED) is 0.742. The zero-order valence-corrected chi connectivity index (χ0v) is 13.6. The van der Waals surface area contributed by atoms with E-state index >= 15 is 0 Å². The van der Waals surface area contributed by atoms with Gasteiger partial charge in [0.1, 0.15) is 5.82 Å². The van der Waals surface area contributed by atoms with Crippen LogP contribution in [0.2, 0.25) is 0 Å². The Kier molecular flexibility index (Phi) is 4.24. The zero-order valence-electron chi connectivity index (χ0n) is 13.6. The van der Waals surface area contributed by atoms with Crippen molar-refractivity contribution < 1.29 is 0 Å². The summed E-state index contributed by atoms with van der Waals surface area (Å²) in [6, 6.07) is 18.3. The lowest BCUT2D eigenvalue weighted by molar-refractivity contribution is 1.15. The van der Waals surface area contributed by atoms with E-state index in [2.05, 4.69) is 52.6 Å². The summed E-state index contributed by atoms with van der Waals surface area (Å²) in [5.41, 5.74) is 5.42. The van der Waals surface area contributed by atoms with Crippen molar-refractivity contribution in [2.75, 3.05) is 17.7 Å². The van der Waals surface area contributed by atoms with E-state index in [-0.39, 0.29) is 0 Å². The van der Waals surface area contributed by atoms with Crippen LogP contribution in [-0.4, -0.2) is 17.0 Å². The van der Waals surface area contributed by atoms with Gasteiger partial charge in [0.25, 0.3) is 0 Å². The van der Waals surface area contributed by atoms with Gasteiger partial charge in [0.2, 0.25) is 5.95 Å². The number of para-hydroxylation sites is 1. The molecule has 0 amide bonds. The van der Waals surface area contributed by atoms with Gasteiger partial charge in [-0.3, -0.25) is 0 Å². The molecule has 0 spiro atoms. The van der Waals surface area contributed by atoms with Crippen molar-refractivity contribution in [3.8, 4) is 11.3 Å². The van der Waals surface area contributed by atoms with Gasteiger partial charge < -0.3 is 10.6 Å². The van der Waals surface area contributed by atoms with Crippen molar-refractivity contribution in [2.45, 2.75) is 13.8 Å². The molecule has 1 aromatic heterocycles. The van der Waals surface area contributed by atoms with Crippen molar-refractivity contribution in [2.24, 2.45) is 0 Å². The molecule has 0 aliphatic carbocycles. The molecule has 3 rings (SSSR count). The molecule has 2 N–H and O–H groups in total. The molecule has 4 nitrogen and oxygen atoms in total. The van der Waals surface area contributed by atoms with Crippen molar-refractivity contribution >= 4 is 17.5 Å². The summed E-state index contributed by atoms with van der Waals surface area (Å²) in [4.78, 5) is 9.07. The molecule has 2 aromatic carbocycles. The third-order valence-electron chi connectivity index (χ3n) is 3.75. The highest BCUT2D eigenvalue weighted by molar-refractivity contribution is 5.70. The van der Waals surface area contributed by atoms with Gasteiger partial charge in [-0.25, -0.2) is 4.98 Å². The fourth-order valence-electron chi connectivity index (χ4n) is 2.52. The number of hydrogen-bond donors (Lipinski definition) is 2. The fourth-order valence-corrected chi connectivity index (χ4v) is 2.52. The molecule has 0 radical (unpaired) electrons. The highest BCUT2D eigenvalue weighted by Crippen LogP contribution is 2.26. The predicted octanol–water partition coefficient (Wildman–Crippen LogP) is 4.55. The molecule has 116 valence electrons. The maximum atomic E-state index is 4.55. The van der Waals surface area contributed by atoms with Gasteiger partial charge in [-0.05, 0) is 25.0 Å². The normalized spacial score (nSPS) is 10.4. The molecule has 0 aliphatic rings.